The van der Waals surface area contributed by atoms with Crippen molar-refractivity contribution in [1.82, 2.24) is 10.6 Å². The number of carboxylic acid groups (broad SMARTS) is 1. The summed E-state index contributed by atoms with van der Waals surface area (Å²) in [6.45, 7) is 1.45. The Morgan fingerprint density at radius 1 is 1.44 bits per heavy atom. The number of rotatable bonds is 4. The van der Waals surface area contributed by atoms with E-state index in [1.54, 1.807) is 0 Å². The Morgan fingerprint density at radius 2 is 2.12 bits per heavy atom. The lowest BCUT2D eigenvalue weighted by Gasteiger charge is -2.15. The molecule has 3 atom stereocenters. The van der Waals surface area contributed by atoms with Gasteiger partial charge in [-0.25, -0.2) is 4.79 Å². The Hall–Kier alpha value is -0.910. The molecule has 3 N–H and O–H groups in total. The maximum absolute atomic E-state index is 11.4. The average Bonchev–Trinajstić information content (AvgIpc) is 2.65. The highest BCUT2D eigenvalue weighted by molar-refractivity contribution is 7.99. The van der Waals surface area contributed by atoms with Gasteiger partial charge in [0.1, 0.15) is 6.04 Å². The molecule has 5 nitrogen and oxygen atoms in total. The Bertz CT molecular complexity index is 273. The quantitative estimate of drug-likeness (QED) is 0.692. The van der Waals surface area contributed by atoms with Gasteiger partial charge < -0.3 is 15.7 Å². The molecule has 1 saturated carbocycles. The van der Waals surface area contributed by atoms with E-state index >= 15 is 0 Å². The first kappa shape index (κ1) is 13.2. The van der Waals surface area contributed by atoms with Crippen molar-refractivity contribution in [1.29, 1.82) is 0 Å². The van der Waals surface area contributed by atoms with Gasteiger partial charge in [-0.05, 0) is 32.4 Å². The molecule has 16 heavy (non-hydrogen) atoms. The van der Waals surface area contributed by atoms with Crippen LogP contribution >= 0.6 is 11.8 Å². The average molecular weight is 246 g/mol. The number of aliphatic carboxylic acids is 1. The Balaban J connectivity index is 2.27. The number of thioether (sulfide) groups is 1. The van der Waals surface area contributed by atoms with E-state index in [2.05, 4.69) is 16.9 Å². The summed E-state index contributed by atoms with van der Waals surface area (Å²) in [5.41, 5.74) is 0. The van der Waals surface area contributed by atoms with Crippen molar-refractivity contribution in [2.24, 2.45) is 0 Å². The number of carbonyl (C=O) groups is 2. The number of hydrogen-bond acceptors (Lipinski definition) is 3. The molecule has 0 spiro atoms. The summed E-state index contributed by atoms with van der Waals surface area (Å²) in [4.78, 5) is 21.9. The fourth-order valence-electron chi connectivity index (χ4n) is 1.77. The minimum absolute atomic E-state index is 0.179. The smallest absolute Gasteiger partial charge is 0.325 e. The van der Waals surface area contributed by atoms with E-state index in [0.717, 1.165) is 19.3 Å². The highest BCUT2D eigenvalue weighted by Gasteiger charge is 2.25. The third-order valence-corrected chi connectivity index (χ3v) is 3.87. The normalized spacial score (nSPS) is 26.1. The van der Waals surface area contributed by atoms with Gasteiger partial charge in [0.25, 0.3) is 0 Å². The fraction of sp³-hybridized carbons (Fsp3) is 0.800. The number of nitrogens with one attached hydrogen (secondary N) is 2. The van der Waals surface area contributed by atoms with Gasteiger partial charge in [0.2, 0.25) is 0 Å². The van der Waals surface area contributed by atoms with Crippen molar-refractivity contribution in [2.75, 3.05) is 6.26 Å². The van der Waals surface area contributed by atoms with E-state index in [1.165, 1.54) is 6.92 Å². The third kappa shape index (κ3) is 3.92. The first-order valence-corrected chi connectivity index (χ1v) is 6.64. The lowest BCUT2D eigenvalue weighted by Crippen LogP contribution is -2.47. The van der Waals surface area contributed by atoms with Crippen LogP contribution in [0.4, 0.5) is 4.79 Å². The highest BCUT2D eigenvalue weighted by atomic mass is 32.2. The van der Waals surface area contributed by atoms with Crippen LogP contribution in [0.1, 0.15) is 26.2 Å². The molecule has 1 fully saturated rings. The second kappa shape index (κ2) is 5.98. The SMILES string of the molecule is CSC1CCC(NC(=O)NC(C)C(=O)O)C1. The van der Waals surface area contributed by atoms with Crippen molar-refractivity contribution in [3.05, 3.63) is 0 Å². The number of amides is 2. The highest BCUT2D eigenvalue weighted by Crippen LogP contribution is 2.27. The van der Waals surface area contributed by atoms with Gasteiger partial charge in [-0.1, -0.05) is 0 Å². The van der Waals surface area contributed by atoms with E-state index in [0.29, 0.717) is 5.25 Å². The number of carboxylic acids is 1. The van der Waals surface area contributed by atoms with Crippen LogP contribution in [0.2, 0.25) is 0 Å². The first-order chi connectivity index (χ1) is 7.52. The molecule has 1 aliphatic carbocycles. The van der Waals surface area contributed by atoms with Crippen LogP contribution in [0.5, 0.6) is 0 Å². The van der Waals surface area contributed by atoms with E-state index in [1.807, 2.05) is 11.8 Å². The van der Waals surface area contributed by atoms with Gasteiger partial charge in [-0.3, -0.25) is 4.79 Å². The van der Waals surface area contributed by atoms with Gasteiger partial charge in [-0.15, -0.1) is 0 Å². The zero-order chi connectivity index (χ0) is 12.1. The minimum Gasteiger partial charge on any atom is -0.480 e. The van der Waals surface area contributed by atoms with Crippen molar-refractivity contribution >= 4 is 23.8 Å². The molecule has 0 aromatic carbocycles. The monoisotopic (exact) mass is 246 g/mol. The molecule has 1 aliphatic rings. The second-order valence-electron chi connectivity index (χ2n) is 4.05. The summed E-state index contributed by atoms with van der Waals surface area (Å²) in [6, 6.07) is -1.06. The molecule has 1 rings (SSSR count). The number of urea groups is 1. The summed E-state index contributed by atoms with van der Waals surface area (Å²) < 4.78 is 0. The zero-order valence-corrected chi connectivity index (χ0v) is 10.3. The molecule has 92 valence electrons. The van der Waals surface area contributed by atoms with Crippen LogP contribution in [0.15, 0.2) is 0 Å². The maximum atomic E-state index is 11.4. The lowest BCUT2D eigenvalue weighted by atomic mass is 10.2. The minimum atomic E-state index is -1.02. The van der Waals surface area contributed by atoms with Crippen molar-refractivity contribution < 1.29 is 14.7 Å². The van der Waals surface area contributed by atoms with Crippen molar-refractivity contribution in [3.8, 4) is 0 Å². The molecular weight excluding hydrogens is 228 g/mol. The topological polar surface area (TPSA) is 78.4 Å². The van der Waals surface area contributed by atoms with E-state index in [9.17, 15) is 9.59 Å². The van der Waals surface area contributed by atoms with Crippen LogP contribution in [0.25, 0.3) is 0 Å². The summed E-state index contributed by atoms with van der Waals surface area (Å²) >= 11 is 1.82. The van der Waals surface area contributed by atoms with E-state index in [4.69, 9.17) is 5.11 Å². The summed E-state index contributed by atoms with van der Waals surface area (Å²) in [7, 11) is 0. The van der Waals surface area contributed by atoms with Crippen LogP contribution in [0.3, 0.4) is 0 Å². The van der Waals surface area contributed by atoms with Crippen LogP contribution in [-0.4, -0.2) is 40.7 Å². The van der Waals surface area contributed by atoms with E-state index < -0.39 is 12.0 Å². The standard InChI is InChI=1S/C10H18N2O3S/c1-6(9(13)14)11-10(15)12-7-3-4-8(5-7)16-2/h6-8H,3-5H2,1-2H3,(H,13,14)(H2,11,12,15). The molecule has 0 aromatic heterocycles. The van der Waals surface area contributed by atoms with Crippen molar-refractivity contribution in [2.45, 2.75) is 43.5 Å². The van der Waals surface area contributed by atoms with Gasteiger partial charge in [-0.2, -0.15) is 11.8 Å². The van der Waals surface area contributed by atoms with Gasteiger partial charge in [0.05, 0.1) is 0 Å². The maximum Gasteiger partial charge on any atom is 0.325 e. The molecule has 0 aliphatic heterocycles. The third-order valence-electron chi connectivity index (χ3n) is 2.77. The molecule has 0 saturated heterocycles. The molecule has 0 heterocycles. The Morgan fingerprint density at radius 3 is 2.62 bits per heavy atom. The first-order valence-electron chi connectivity index (χ1n) is 5.35. The molecule has 0 bridgehead atoms. The van der Waals surface area contributed by atoms with Gasteiger partial charge >= 0.3 is 12.0 Å². The molecule has 2 amide bonds. The van der Waals surface area contributed by atoms with E-state index in [-0.39, 0.29) is 12.1 Å². The van der Waals surface area contributed by atoms with Crippen LogP contribution < -0.4 is 10.6 Å². The van der Waals surface area contributed by atoms with Gasteiger partial charge in [0.15, 0.2) is 0 Å². The Labute approximate surface area is 99.4 Å². The van der Waals surface area contributed by atoms with Crippen LogP contribution in [0, 0.1) is 0 Å². The Kier molecular flexibility index (Phi) is 4.92. The van der Waals surface area contributed by atoms with Gasteiger partial charge in [0, 0.05) is 11.3 Å². The predicted octanol–water partition coefficient (Wildman–Crippen LogP) is 1.04. The fourth-order valence-corrected chi connectivity index (χ4v) is 2.57. The molecule has 3 unspecified atom stereocenters. The van der Waals surface area contributed by atoms with Crippen LogP contribution in [-0.2, 0) is 4.79 Å². The van der Waals surface area contributed by atoms with Crippen molar-refractivity contribution in [3.63, 3.8) is 0 Å². The molecule has 0 aromatic rings. The lowest BCUT2D eigenvalue weighted by molar-refractivity contribution is -0.138. The molecular formula is C10H18N2O3S. The number of carbonyl (C=O) groups excluding carboxylic acids is 1. The summed E-state index contributed by atoms with van der Waals surface area (Å²) in [6.07, 6.45) is 5.12. The number of hydrogen-bond donors (Lipinski definition) is 3. The summed E-state index contributed by atoms with van der Waals surface area (Å²) in [5.74, 6) is -1.02. The second-order valence-corrected chi connectivity index (χ2v) is 5.18. The molecule has 6 heteroatoms. The predicted molar refractivity (Wildman–Crippen MR) is 63.7 cm³/mol. The zero-order valence-electron chi connectivity index (χ0n) is 9.53. The summed E-state index contributed by atoms with van der Waals surface area (Å²) in [5, 5.41) is 14.4. The molecule has 0 radical (unpaired) electrons. The largest absolute Gasteiger partial charge is 0.480 e.